The lowest BCUT2D eigenvalue weighted by Crippen LogP contribution is -2.40. The fourth-order valence-corrected chi connectivity index (χ4v) is 6.57. The van der Waals surface area contributed by atoms with Crippen LogP contribution in [0.5, 0.6) is 5.75 Å². The van der Waals surface area contributed by atoms with Crippen LogP contribution in [0.2, 0.25) is 5.02 Å². The van der Waals surface area contributed by atoms with E-state index in [1.807, 2.05) is 26.0 Å². The van der Waals surface area contributed by atoms with Crippen LogP contribution >= 0.6 is 22.9 Å². The SMILES string of the molecule is CCCC1=C(C(=O)OCC)[C@H](c2cc(Cl)ccc2OC)n2c(s/c(=C\c3ccc(-c4ccc(C(=O)OC(C)C)cc4C)o3)c2=O)=N1. The molecule has 0 aliphatic carbocycles. The molecule has 46 heavy (non-hydrogen) atoms. The lowest BCUT2D eigenvalue weighted by Gasteiger charge is -2.27. The third kappa shape index (κ3) is 6.59. The molecule has 3 heterocycles. The molecule has 0 spiro atoms. The number of aryl methyl sites for hydroxylation is 1. The van der Waals surface area contributed by atoms with Crippen LogP contribution in [0.4, 0.5) is 0 Å². The number of fused-ring (bicyclic) bond motifs is 1. The second kappa shape index (κ2) is 13.9. The van der Waals surface area contributed by atoms with Crippen molar-refractivity contribution in [2.24, 2.45) is 4.99 Å². The zero-order valence-corrected chi connectivity index (χ0v) is 28.1. The Bertz CT molecular complexity index is 2020. The van der Waals surface area contributed by atoms with Crippen LogP contribution in [-0.2, 0) is 14.3 Å². The molecule has 0 unspecified atom stereocenters. The molecule has 0 amide bonds. The van der Waals surface area contributed by atoms with E-state index in [0.717, 1.165) is 17.5 Å². The van der Waals surface area contributed by atoms with Crippen molar-refractivity contribution in [2.75, 3.05) is 13.7 Å². The van der Waals surface area contributed by atoms with Crippen molar-refractivity contribution in [2.45, 2.75) is 59.6 Å². The van der Waals surface area contributed by atoms with Crippen molar-refractivity contribution in [3.63, 3.8) is 0 Å². The maximum atomic E-state index is 14.1. The normalized spacial score (nSPS) is 14.7. The molecule has 9 nitrogen and oxygen atoms in total. The number of furan rings is 1. The van der Waals surface area contributed by atoms with E-state index in [1.165, 1.54) is 23.0 Å². The van der Waals surface area contributed by atoms with Crippen LogP contribution in [-0.4, -0.2) is 36.3 Å². The van der Waals surface area contributed by atoms with Gasteiger partial charge in [-0.15, -0.1) is 0 Å². The van der Waals surface area contributed by atoms with Crippen LogP contribution < -0.4 is 19.6 Å². The molecule has 0 bridgehead atoms. The van der Waals surface area contributed by atoms with Gasteiger partial charge in [0, 0.05) is 22.2 Å². The topological polar surface area (TPSA) is 109 Å². The molecule has 11 heteroatoms. The highest BCUT2D eigenvalue weighted by molar-refractivity contribution is 7.07. The van der Waals surface area contributed by atoms with Crippen LogP contribution in [0, 0.1) is 6.92 Å². The number of carbonyl (C=O) groups is 2. The first-order chi connectivity index (χ1) is 22.1. The number of esters is 2. The minimum atomic E-state index is -0.872. The summed E-state index contributed by atoms with van der Waals surface area (Å²) in [6.45, 7) is 9.39. The smallest absolute Gasteiger partial charge is 0.338 e. The predicted octanol–water partition coefficient (Wildman–Crippen LogP) is 6.37. The number of hydrogen-bond acceptors (Lipinski definition) is 9. The largest absolute Gasteiger partial charge is 0.496 e. The van der Waals surface area contributed by atoms with Gasteiger partial charge >= 0.3 is 11.9 Å². The average Bonchev–Trinajstić information content (AvgIpc) is 3.60. The maximum Gasteiger partial charge on any atom is 0.338 e. The number of rotatable bonds is 10. The van der Waals surface area contributed by atoms with Gasteiger partial charge in [0.2, 0.25) is 0 Å². The van der Waals surface area contributed by atoms with Gasteiger partial charge in [0.05, 0.1) is 41.2 Å². The van der Waals surface area contributed by atoms with E-state index < -0.39 is 12.0 Å². The third-order valence-electron chi connectivity index (χ3n) is 7.35. The van der Waals surface area contributed by atoms with Gasteiger partial charge in [0.1, 0.15) is 23.3 Å². The number of ether oxygens (including phenoxy) is 3. The van der Waals surface area contributed by atoms with E-state index in [9.17, 15) is 14.4 Å². The third-order valence-corrected chi connectivity index (χ3v) is 8.57. The summed E-state index contributed by atoms with van der Waals surface area (Å²) in [4.78, 5) is 45.2. The van der Waals surface area contributed by atoms with Crippen molar-refractivity contribution in [1.82, 2.24) is 4.57 Å². The predicted molar refractivity (Wildman–Crippen MR) is 177 cm³/mol. The molecule has 1 aliphatic heterocycles. The minimum absolute atomic E-state index is 0.163. The van der Waals surface area contributed by atoms with Gasteiger partial charge < -0.3 is 18.6 Å². The van der Waals surface area contributed by atoms with E-state index in [2.05, 4.69) is 0 Å². The fourth-order valence-electron chi connectivity index (χ4n) is 5.39. The zero-order chi connectivity index (χ0) is 33.1. The van der Waals surface area contributed by atoms with Crippen LogP contribution in [0.1, 0.15) is 73.8 Å². The number of aromatic nitrogens is 1. The molecule has 0 radical (unpaired) electrons. The summed E-state index contributed by atoms with van der Waals surface area (Å²) in [7, 11) is 1.53. The Morgan fingerprint density at radius 1 is 1.11 bits per heavy atom. The Kier molecular flexibility index (Phi) is 9.98. The van der Waals surface area contributed by atoms with Crippen molar-refractivity contribution in [3.05, 3.63) is 107 Å². The van der Waals surface area contributed by atoms with E-state index in [4.69, 9.17) is 35.2 Å². The Hall–Kier alpha value is -4.41. The van der Waals surface area contributed by atoms with Crippen molar-refractivity contribution < 1.29 is 28.2 Å². The molecule has 240 valence electrons. The first-order valence-electron chi connectivity index (χ1n) is 15.0. The van der Waals surface area contributed by atoms with Gasteiger partial charge in [-0.2, -0.15) is 0 Å². The number of nitrogens with zero attached hydrogens (tertiary/aromatic N) is 2. The standard InChI is InChI=1S/C35H35ClN2O7S/c1-7-9-26-30(34(41)43-8-2)31(25-17-22(36)11-14-27(25)42-6)38-32(39)29(46-35(38)37-26)18-23-12-15-28(45-23)24-13-10-21(16-20(24)5)33(40)44-19(3)4/h10-19,31H,7-9H2,1-6H3/b29-18-/t31-/m0/s1. The first-order valence-corrected chi connectivity index (χ1v) is 16.2. The van der Waals surface area contributed by atoms with Crippen LogP contribution in [0.3, 0.4) is 0 Å². The van der Waals surface area contributed by atoms with Crippen molar-refractivity contribution in [3.8, 4) is 17.1 Å². The number of benzene rings is 2. The van der Waals surface area contributed by atoms with E-state index in [1.54, 1.807) is 63.2 Å². The Morgan fingerprint density at radius 2 is 1.89 bits per heavy atom. The number of thiazole rings is 1. The molecule has 2 aromatic carbocycles. The molecule has 0 saturated heterocycles. The highest BCUT2D eigenvalue weighted by Crippen LogP contribution is 2.38. The van der Waals surface area contributed by atoms with E-state index >= 15 is 0 Å². The summed E-state index contributed by atoms with van der Waals surface area (Å²) >= 11 is 7.63. The summed E-state index contributed by atoms with van der Waals surface area (Å²) in [6, 6.07) is 13.1. The second-order valence-corrected chi connectivity index (χ2v) is 12.4. The number of carbonyl (C=O) groups excluding carboxylic acids is 2. The van der Waals surface area contributed by atoms with Crippen molar-refractivity contribution in [1.29, 1.82) is 0 Å². The summed E-state index contributed by atoms with van der Waals surface area (Å²) in [5.41, 5.74) is 3.12. The van der Waals surface area contributed by atoms with Crippen LogP contribution in [0.15, 0.2) is 74.0 Å². The molecular weight excluding hydrogens is 628 g/mol. The second-order valence-electron chi connectivity index (χ2n) is 11.0. The highest BCUT2D eigenvalue weighted by Gasteiger charge is 2.36. The monoisotopic (exact) mass is 662 g/mol. The molecule has 1 aliphatic rings. The molecule has 4 aromatic rings. The summed E-state index contributed by atoms with van der Waals surface area (Å²) < 4.78 is 24.5. The van der Waals surface area contributed by atoms with Gasteiger partial charge in [-0.1, -0.05) is 42.3 Å². The first kappa shape index (κ1) is 33.0. The van der Waals surface area contributed by atoms with Crippen LogP contribution in [0.25, 0.3) is 17.4 Å². The van der Waals surface area contributed by atoms with E-state index in [-0.39, 0.29) is 29.8 Å². The fraction of sp³-hybridized carbons (Fsp3) is 0.314. The van der Waals surface area contributed by atoms with Gasteiger partial charge in [0.25, 0.3) is 5.56 Å². The van der Waals surface area contributed by atoms with Gasteiger partial charge in [-0.05, 0) is 82.1 Å². The summed E-state index contributed by atoms with van der Waals surface area (Å²) in [6.07, 6.45) is 2.68. The van der Waals surface area contributed by atoms with Gasteiger partial charge in [-0.3, -0.25) is 9.36 Å². The Morgan fingerprint density at radius 3 is 2.57 bits per heavy atom. The average molecular weight is 663 g/mol. The Labute approximate surface area is 275 Å². The number of methoxy groups -OCH3 is 1. The molecular formula is C35H35ClN2O7S. The zero-order valence-electron chi connectivity index (χ0n) is 26.5. The molecule has 5 rings (SSSR count). The number of allylic oxidation sites excluding steroid dienone is 1. The lowest BCUT2D eigenvalue weighted by atomic mass is 9.93. The Balaban J connectivity index is 1.62. The van der Waals surface area contributed by atoms with E-state index in [0.29, 0.717) is 54.9 Å². The molecule has 0 N–H and O–H groups in total. The molecule has 0 saturated carbocycles. The quantitative estimate of drug-likeness (QED) is 0.181. The molecule has 1 atom stereocenters. The highest BCUT2D eigenvalue weighted by atomic mass is 35.5. The summed E-state index contributed by atoms with van der Waals surface area (Å²) in [5.74, 6) is 0.570. The number of halogens is 1. The van der Waals surface area contributed by atoms with Gasteiger partial charge in [0.15, 0.2) is 4.80 Å². The van der Waals surface area contributed by atoms with Gasteiger partial charge in [-0.25, -0.2) is 14.6 Å². The summed E-state index contributed by atoms with van der Waals surface area (Å²) in [5, 5.41) is 0.429. The maximum absolute atomic E-state index is 14.1. The molecule has 0 fully saturated rings. The lowest BCUT2D eigenvalue weighted by molar-refractivity contribution is -0.139. The van der Waals surface area contributed by atoms with Crippen molar-refractivity contribution >= 4 is 41.0 Å². The molecule has 2 aromatic heterocycles. The number of hydrogen-bond donors (Lipinski definition) is 0. The minimum Gasteiger partial charge on any atom is -0.496 e.